The molecule has 0 fully saturated rings. The first-order valence-corrected chi connectivity index (χ1v) is 11.6. The average molecular weight is 470 g/mol. The number of benzene rings is 4. The van der Waals surface area contributed by atoms with Crippen molar-refractivity contribution in [2.75, 3.05) is 4.90 Å². The monoisotopic (exact) mass is 469 g/mol. The van der Waals surface area contributed by atoms with Crippen molar-refractivity contribution in [2.45, 2.75) is 41.5 Å². The van der Waals surface area contributed by atoms with E-state index in [0.717, 1.165) is 44.9 Å². The minimum atomic E-state index is 0.192. The molecule has 0 radical (unpaired) electrons. The quantitative estimate of drug-likeness (QED) is 0.277. The number of hydrogen-bond donors (Lipinski definition) is 3. The summed E-state index contributed by atoms with van der Waals surface area (Å²) >= 11 is 0. The van der Waals surface area contributed by atoms with Crippen molar-refractivity contribution in [3.8, 4) is 28.7 Å². The van der Waals surface area contributed by atoms with Gasteiger partial charge in [-0.2, -0.15) is 0 Å². The van der Waals surface area contributed by atoms with Crippen molar-refractivity contribution < 1.29 is 20.1 Å². The molecule has 5 heteroatoms. The molecule has 0 saturated carbocycles. The number of phenols is 3. The highest BCUT2D eigenvalue weighted by molar-refractivity contribution is 5.82. The van der Waals surface area contributed by atoms with E-state index in [2.05, 4.69) is 0 Å². The molecule has 4 aromatic carbocycles. The molecule has 0 unspecified atom stereocenters. The Bertz CT molecular complexity index is 1350. The fourth-order valence-corrected chi connectivity index (χ4v) is 4.30. The van der Waals surface area contributed by atoms with Gasteiger partial charge in [0.15, 0.2) is 0 Å². The maximum absolute atomic E-state index is 10.7. The zero-order valence-corrected chi connectivity index (χ0v) is 21.0. The van der Waals surface area contributed by atoms with Gasteiger partial charge in [0, 0.05) is 22.4 Å². The Morgan fingerprint density at radius 3 is 1.54 bits per heavy atom. The second kappa shape index (κ2) is 9.26. The molecule has 0 bridgehead atoms. The van der Waals surface area contributed by atoms with Gasteiger partial charge in [0.2, 0.25) is 0 Å². The molecule has 3 N–H and O–H groups in total. The van der Waals surface area contributed by atoms with E-state index in [-0.39, 0.29) is 17.2 Å². The molecule has 5 nitrogen and oxygen atoms in total. The lowest BCUT2D eigenvalue weighted by Gasteiger charge is -2.29. The highest BCUT2D eigenvalue weighted by Gasteiger charge is 2.21. The van der Waals surface area contributed by atoms with Gasteiger partial charge in [-0.05, 0) is 101 Å². The first-order valence-electron chi connectivity index (χ1n) is 11.6. The number of aryl methyl sites for hydroxylation is 3. The lowest BCUT2D eigenvalue weighted by atomic mass is 10.0. The zero-order chi connectivity index (χ0) is 25.4. The normalized spacial score (nSPS) is 10.9. The van der Waals surface area contributed by atoms with E-state index in [1.54, 1.807) is 6.07 Å². The maximum Gasteiger partial charge on any atom is 0.136 e. The lowest BCUT2D eigenvalue weighted by Crippen LogP contribution is -2.13. The molecule has 4 rings (SSSR count). The minimum Gasteiger partial charge on any atom is -0.508 e. The van der Waals surface area contributed by atoms with Gasteiger partial charge in [0.1, 0.15) is 28.7 Å². The van der Waals surface area contributed by atoms with Gasteiger partial charge in [-0.3, -0.25) is 0 Å². The summed E-state index contributed by atoms with van der Waals surface area (Å²) in [5.41, 5.74) is 7.19. The number of anilines is 3. The SMILES string of the molecule is Cc1ccc(N(c2ccc(Oc3c(C)ccc(O)c3C)cc2)c2ccc(C)c(O)c2C)c(C)c1O. The number of ether oxygens (including phenoxy) is 1. The number of aromatic hydroxyl groups is 3. The fourth-order valence-electron chi connectivity index (χ4n) is 4.30. The van der Waals surface area contributed by atoms with Gasteiger partial charge in [0.25, 0.3) is 0 Å². The van der Waals surface area contributed by atoms with E-state index in [1.165, 1.54) is 0 Å². The topological polar surface area (TPSA) is 73.2 Å². The number of hydrogen-bond acceptors (Lipinski definition) is 5. The summed E-state index contributed by atoms with van der Waals surface area (Å²) in [6, 6.07) is 18.8. The Morgan fingerprint density at radius 2 is 1.03 bits per heavy atom. The maximum atomic E-state index is 10.7. The van der Waals surface area contributed by atoms with Gasteiger partial charge in [-0.25, -0.2) is 0 Å². The molecule has 0 aliphatic carbocycles. The molecule has 0 aromatic heterocycles. The van der Waals surface area contributed by atoms with Crippen LogP contribution in [0, 0.1) is 41.5 Å². The lowest BCUT2D eigenvalue weighted by molar-refractivity contribution is 0.446. The molecule has 4 aromatic rings. The van der Waals surface area contributed by atoms with Crippen LogP contribution < -0.4 is 9.64 Å². The van der Waals surface area contributed by atoms with Gasteiger partial charge in [-0.1, -0.05) is 18.2 Å². The summed E-state index contributed by atoms with van der Waals surface area (Å²) in [6.07, 6.45) is 0. The summed E-state index contributed by atoms with van der Waals surface area (Å²) in [5, 5.41) is 31.4. The van der Waals surface area contributed by atoms with E-state index in [0.29, 0.717) is 17.1 Å². The Hall–Kier alpha value is -4.12. The summed E-state index contributed by atoms with van der Waals surface area (Å²) in [6.45, 7) is 11.3. The third kappa shape index (κ3) is 4.37. The van der Waals surface area contributed by atoms with Crippen molar-refractivity contribution in [2.24, 2.45) is 0 Å². The Balaban J connectivity index is 1.82. The summed E-state index contributed by atoms with van der Waals surface area (Å²) in [7, 11) is 0. The largest absolute Gasteiger partial charge is 0.508 e. The second-order valence-electron chi connectivity index (χ2n) is 9.04. The van der Waals surface area contributed by atoms with Crippen LogP contribution in [0.2, 0.25) is 0 Å². The highest BCUT2D eigenvalue weighted by atomic mass is 16.5. The van der Waals surface area contributed by atoms with Crippen molar-refractivity contribution in [1.29, 1.82) is 0 Å². The first-order chi connectivity index (χ1) is 16.6. The third-order valence-corrected chi connectivity index (χ3v) is 6.58. The molecule has 0 aliphatic rings. The number of phenolic OH excluding ortho intramolecular Hbond substituents is 3. The van der Waals surface area contributed by atoms with Crippen LogP contribution in [0.1, 0.15) is 33.4 Å². The van der Waals surface area contributed by atoms with Crippen LogP contribution in [-0.4, -0.2) is 15.3 Å². The smallest absolute Gasteiger partial charge is 0.136 e. The van der Waals surface area contributed by atoms with Crippen molar-refractivity contribution in [3.63, 3.8) is 0 Å². The summed E-state index contributed by atoms with van der Waals surface area (Å²) < 4.78 is 6.13. The van der Waals surface area contributed by atoms with Crippen LogP contribution in [0.3, 0.4) is 0 Å². The third-order valence-electron chi connectivity index (χ3n) is 6.58. The Morgan fingerprint density at radius 1 is 0.543 bits per heavy atom. The summed E-state index contributed by atoms with van der Waals surface area (Å²) in [5.74, 6) is 1.95. The van der Waals surface area contributed by atoms with E-state index >= 15 is 0 Å². The van der Waals surface area contributed by atoms with Crippen molar-refractivity contribution >= 4 is 17.1 Å². The highest BCUT2D eigenvalue weighted by Crippen LogP contribution is 2.44. The van der Waals surface area contributed by atoms with Crippen LogP contribution in [0.15, 0.2) is 60.7 Å². The van der Waals surface area contributed by atoms with Crippen LogP contribution in [0.25, 0.3) is 0 Å². The van der Waals surface area contributed by atoms with Crippen molar-refractivity contribution in [3.05, 3.63) is 94.0 Å². The van der Waals surface area contributed by atoms with Gasteiger partial charge >= 0.3 is 0 Å². The fraction of sp³-hybridized carbons (Fsp3) is 0.200. The van der Waals surface area contributed by atoms with Crippen LogP contribution >= 0.6 is 0 Å². The molecule has 0 spiro atoms. The molecular weight excluding hydrogens is 438 g/mol. The molecule has 0 heterocycles. The molecule has 0 amide bonds. The van der Waals surface area contributed by atoms with E-state index in [1.807, 2.05) is 101 Å². The van der Waals surface area contributed by atoms with Crippen LogP contribution in [-0.2, 0) is 0 Å². The Kier molecular flexibility index (Phi) is 6.35. The van der Waals surface area contributed by atoms with Gasteiger partial charge in [0.05, 0.1) is 11.4 Å². The van der Waals surface area contributed by atoms with E-state index in [9.17, 15) is 15.3 Å². The number of rotatable bonds is 5. The molecule has 0 atom stereocenters. The average Bonchev–Trinajstić information content (AvgIpc) is 2.85. The summed E-state index contributed by atoms with van der Waals surface area (Å²) in [4.78, 5) is 2.03. The standard InChI is InChI=1S/C30H31NO4/c1-17-7-14-25(20(4)28(17)33)31(26-15-8-18(2)29(34)21(26)5)23-10-12-24(13-11-23)35-30-19(3)9-16-27(32)22(30)6/h7-16,32-34H,1-6H3. The van der Waals surface area contributed by atoms with Gasteiger partial charge in [-0.15, -0.1) is 0 Å². The van der Waals surface area contributed by atoms with Gasteiger partial charge < -0.3 is 25.0 Å². The number of nitrogens with zero attached hydrogens (tertiary/aromatic N) is 1. The first kappa shape index (κ1) is 24.0. The molecule has 0 saturated heterocycles. The van der Waals surface area contributed by atoms with E-state index < -0.39 is 0 Å². The predicted octanol–water partition coefficient (Wildman–Crippen LogP) is 7.92. The second-order valence-corrected chi connectivity index (χ2v) is 9.04. The minimum absolute atomic E-state index is 0.192. The molecule has 35 heavy (non-hydrogen) atoms. The Labute approximate surface area is 206 Å². The predicted molar refractivity (Wildman–Crippen MR) is 141 cm³/mol. The molecule has 180 valence electrons. The zero-order valence-electron chi connectivity index (χ0n) is 21.0. The molecule has 0 aliphatic heterocycles. The molecular formula is C30H31NO4. The van der Waals surface area contributed by atoms with Crippen LogP contribution in [0.4, 0.5) is 17.1 Å². The van der Waals surface area contributed by atoms with Crippen LogP contribution in [0.5, 0.6) is 28.7 Å². The van der Waals surface area contributed by atoms with E-state index in [4.69, 9.17) is 4.74 Å². The van der Waals surface area contributed by atoms with Crippen molar-refractivity contribution in [1.82, 2.24) is 0 Å².